The normalized spacial score (nSPS) is 15.7. The molecule has 2 heterocycles. The maximum Gasteiger partial charge on any atom is 0.290 e. The summed E-state index contributed by atoms with van der Waals surface area (Å²) in [5.41, 5.74) is 1.02. The number of halogens is 3. The summed E-state index contributed by atoms with van der Waals surface area (Å²) >= 11 is 6.12. The van der Waals surface area contributed by atoms with Crippen LogP contribution >= 0.6 is 11.6 Å². The largest absolute Gasteiger partial charge is 0.503 e. The molecule has 0 fully saturated rings. The minimum absolute atomic E-state index is 0.0362. The molecule has 1 N–H and O–H groups in total. The van der Waals surface area contributed by atoms with E-state index in [0.29, 0.717) is 27.3 Å². The van der Waals surface area contributed by atoms with Crippen molar-refractivity contribution >= 4 is 34.3 Å². The Balaban J connectivity index is 1.60. The summed E-state index contributed by atoms with van der Waals surface area (Å²) in [5, 5.41) is 11.7. The molecular weight excluding hydrogens is 492 g/mol. The van der Waals surface area contributed by atoms with E-state index in [-0.39, 0.29) is 23.5 Å². The molecule has 4 aromatic rings. The van der Waals surface area contributed by atoms with Gasteiger partial charge in [0.05, 0.1) is 18.7 Å². The number of aliphatic hydroxyl groups excluding tert-OH is 1. The molecule has 1 aliphatic rings. The van der Waals surface area contributed by atoms with Crippen molar-refractivity contribution in [2.75, 3.05) is 7.11 Å². The minimum Gasteiger partial charge on any atom is -0.503 e. The first-order chi connectivity index (χ1) is 17.3. The number of carbonyl (C=O) groups excluding carboxylic acids is 2. The van der Waals surface area contributed by atoms with Crippen LogP contribution in [0.4, 0.5) is 8.78 Å². The number of amides is 1. The lowest BCUT2D eigenvalue weighted by molar-refractivity contribution is -0.130. The predicted molar refractivity (Wildman–Crippen MR) is 128 cm³/mol. The van der Waals surface area contributed by atoms with Crippen molar-refractivity contribution in [3.63, 3.8) is 0 Å². The number of ether oxygens (including phenoxy) is 1. The smallest absolute Gasteiger partial charge is 0.290 e. The van der Waals surface area contributed by atoms with Gasteiger partial charge < -0.3 is 19.2 Å². The predicted octanol–water partition coefficient (Wildman–Crippen LogP) is 6.15. The summed E-state index contributed by atoms with van der Waals surface area (Å²) in [5.74, 6) is -3.06. The van der Waals surface area contributed by atoms with Crippen molar-refractivity contribution in [3.05, 3.63) is 112 Å². The summed E-state index contributed by atoms with van der Waals surface area (Å²) in [6.45, 7) is -0.0362. The average molecular weight is 510 g/mol. The van der Waals surface area contributed by atoms with Gasteiger partial charge in [0, 0.05) is 23.0 Å². The highest BCUT2D eigenvalue weighted by Crippen LogP contribution is 2.41. The average Bonchev–Trinajstić information content (AvgIpc) is 3.40. The first-order valence-corrected chi connectivity index (χ1v) is 11.2. The molecule has 36 heavy (non-hydrogen) atoms. The first kappa shape index (κ1) is 23.6. The third kappa shape index (κ3) is 4.09. The third-order valence-electron chi connectivity index (χ3n) is 5.99. The number of ketones is 1. The molecule has 0 saturated heterocycles. The van der Waals surface area contributed by atoms with Crippen LogP contribution < -0.4 is 4.74 Å². The van der Waals surface area contributed by atoms with Crippen molar-refractivity contribution in [2.24, 2.45) is 0 Å². The second kappa shape index (κ2) is 9.13. The van der Waals surface area contributed by atoms with Crippen LogP contribution in [0.25, 0.3) is 11.0 Å². The second-order valence-corrected chi connectivity index (χ2v) is 8.68. The molecule has 182 valence electrons. The van der Waals surface area contributed by atoms with Crippen LogP contribution in [0, 0.1) is 11.6 Å². The standard InChI is InChI=1S/C27H18ClF2NO5/c1-35-21-12-17(28)10-16-11-20(36-26(16)21)24(32)22-23(15-4-8-19(30)9-5-15)31(27(34)25(22)33)13-14-2-6-18(29)7-3-14/h2-12,23,33H,13H2,1H3. The lowest BCUT2D eigenvalue weighted by atomic mass is 9.94. The molecule has 9 heteroatoms. The molecule has 1 aliphatic heterocycles. The fourth-order valence-corrected chi connectivity index (χ4v) is 4.53. The zero-order chi connectivity index (χ0) is 25.6. The molecule has 1 amide bonds. The van der Waals surface area contributed by atoms with E-state index in [2.05, 4.69) is 0 Å². The van der Waals surface area contributed by atoms with E-state index in [4.69, 9.17) is 20.8 Å². The van der Waals surface area contributed by atoms with Crippen molar-refractivity contribution in [1.82, 2.24) is 4.90 Å². The first-order valence-electron chi connectivity index (χ1n) is 10.8. The number of benzene rings is 3. The van der Waals surface area contributed by atoms with Gasteiger partial charge in [0.1, 0.15) is 11.6 Å². The van der Waals surface area contributed by atoms with E-state index >= 15 is 0 Å². The van der Waals surface area contributed by atoms with E-state index in [9.17, 15) is 23.5 Å². The second-order valence-electron chi connectivity index (χ2n) is 8.24. The quantitative estimate of drug-likeness (QED) is 0.315. The number of Topliss-reactive ketones (excluding diaryl/α,β-unsaturated/α-hetero) is 1. The van der Waals surface area contributed by atoms with Crippen molar-refractivity contribution in [2.45, 2.75) is 12.6 Å². The minimum atomic E-state index is -1.05. The monoisotopic (exact) mass is 509 g/mol. The molecule has 0 saturated carbocycles. The zero-order valence-corrected chi connectivity index (χ0v) is 19.6. The molecule has 0 radical (unpaired) electrons. The van der Waals surface area contributed by atoms with Crippen molar-refractivity contribution in [1.29, 1.82) is 0 Å². The number of furan rings is 1. The van der Waals surface area contributed by atoms with E-state index in [1.807, 2.05) is 0 Å². The summed E-state index contributed by atoms with van der Waals surface area (Å²) in [4.78, 5) is 28.1. The SMILES string of the molecule is COc1cc(Cl)cc2cc(C(=O)C3=C(O)C(=O)N(Cc4ccc(F)cc4)C3c3ccc(F)cc3)oc12. The van der Waals surface area contributed by atoms with Crippen LogP contribution in [0.3, 0.4) is 0 Å². The highest BCUT2D eigenvalue weighted by atomic mass is 35.5. The Hall–Kier alpha value is -4.17. The Morgan fingerprint density at radius 3 is 2.33 bits per heavy atom. The Morgan fingerprint density at radius 1 is 1.06 bits per heavy atom. The molecule has 0 spiro atoms. The topological polar surface area (TPSA) is 80.0 Å². The fourth-order valence-electron chi connectivity index (χ4n) is 4.31. The lowest BCUT2D eigenvalue weighted by Gasteiger charge is -2.26. The van der Waals surface area contributed by atoms with Crippen molar-refractivity contribution < 1.29 is 32.6 Å². The Kier molecular flexibility index (Phi) is 5.97. The van der Waals surface area contributed by atoms with E-state index in [1.54, 1.807) is 6.07 Å². The molecule has 3 aromatic carbocycles. The number of methoxy groups -OCH3 is 1. The molecular formula is C27H18ClF2NO5. The lowest BCUT2D eigenvalue weighted by Crippen LogP contribution is -2.30. The van der Waals surface area contributed by atoms with Gasteiger partial charge in [-0.05, 0) is 47.5 Å². The molecule has 0 aliphatic carbocycles. The van der Waals surface area contributed by atoms with Gasteiger partial charge in [-0.25, -0.2) is 8.78 Å². The molecule has 6 nitrogen and oxygen atoms in total. The molecule has 1 aromatic heterocycles. The number of nitrogens with zero attached hydrogens (tertiary/aromatic N) is 1. The Morgan fingerprint density at radius 2 is 1.69 bits per heavy atom. The van der Waals surface area contributed by atoms with Gasteiger partial charge in [-0.3, -0.25) is 9.59 Å². The van der Waals surface area contributed by atoms with Crippen LogP contribution in [-0.2, 0) is 11.3 Å². The third-order valence-corrected chi connectivity index (χ3v) is 6.21. The highest BCUT2D eigenvalue weighted by molar-refractivity contribution is 6.31. The summed E-state index contributed by atoms with van der Waals surface area (Å²) < 4.78 is 38.1. The van der Waals surface area contributed by atoms with Crippen molar-refractivity contribution in [3.8, 4) is 5.75 Å². The maximum atomic E-state index is 13.7. The van der Waals surface area contributed by atoms with Gasteiger partial charge in [0.2, 0.25) is 5.78 Å². The fraction of sp³-hybridized carbons (Fsp3) is 0.111. The molecule has 1 atom stereocenters. The van der Waals surface area contributed by atoms with Crippen LogP contribution in [0.5, 0.6) is 5.75 Å². The number of aliphatic hydroxyl groups is 1. The van der Waals surface area contributed by atoms with Crippen LogP contribution in [0.1, 0.15) is 27.7 Å². The Labute approximate surface area is 209 Å². The van der Waals surface area contributed by atoms with Gasteiger partial charge >= 0.3 is 0 Å². The van der Waals surface area contributed by atoms with Gasteiger partial charge in [0.25, 0.3) is 5.91 Å². The van der Waals surface area contributed by atoms with E-state index < -0.39 is 35.1 Å². The number of hydrogen-bond acceptors (Lipinski definition) is 5. The summed E-state index contributed by atoms with van der Waals surface area (Å²) in [7, 11) is 1.43. The number of hydrogen-bond donors (Lipinski definition) is 1. The number of fused-ring (bicyclic) bond motifs is 1. The molecule has 0 bridgehead atoms. The van der Waals surface area contributed by atoms with E-state index in [0.717, 1.165) is 0 Å². The Bertz CT molecular complexity index is 1530. The molecule has 5 rings (SSSR count). The van der Waals surface area contributed by atoms with E-state index in [1.165, 1.54) is 72.7 Å². The van der Waals surface area contributed by atoms with Gasteiger partial charge in [-0.15, -0.1) is 0 Å². The van der Waals surface area contributed by atoms with Crippen LogP contribution in [0.15, 0.2) is 82.5 Å². The number of carbonyl (C=O) groups is 2. The highest BCUT2D eigenvalue weighted by Gasteiger charge is 2.44. The van der Waals surface area contributed by atoms with Gasteiger partial charge in [-0.1, -0.05) is 35.9 Å². The summed E-state index contributed by atoms with van der Waals surface area (Å²) in [6.07, 6.45) is 0. The summed E-state index contributed by atoms with van der Waals surface area (Å²) in [6, 6.07) is 14.3. The van der Waals surface area contributed by atoms with Crippen LogP contribution in [-0.4, -0.2) is 28.8 Å². The van der Waals surface area contributed by atoms with Crippen LogP contribution in [0.2, 0.25) is 5.02 Å². The maximum absolute atomic E-state index is 13.7. The number of rotatable bonds is 6. The molecule has 1 unspecified atom stereocenters. The van der Waals surface area contributed by atoms with Gasteiger partial charge in [-0.2, -0.15) is 0 Å². The van der Waals surface area contributed by atoms with Gasteiger partial charge in [0.15, 0.2) is 22.9 Å². The zero-order valence-electron chi connectivity index (χ0n) is 18.8.